The molecule has 0 saturated carbocycles. The second-order valence-electron chi connectivity index (χ2n) is 5.40. The Bertz CT molecular complexity index is 420. The van der Waals surface area contributed by atoms with Crippen molar-refractivity contribution in [2.24, 2.45) is 0 Å². The molecule has 0 N–H and O–H groups in total. The molecule has 0 amide bonds. The van der Waals surface area contributed by atoms with Crippen LogP contribution in [0, 0.1) is 26.0 Å². The lowest BCUT2D eigenvalue weighted by molar-refractivity contribution is 0.122. The Kier molecular flexibility index (Phi) is 4.13. The number of anilines is 2. The van der Waals surface area contributed by atoms with Gasteiger partial charge < -0.3 is 19.3 Å². The number of rotatable bonds is 2. The minimum atomic E-state index is 0.803. The lowest BCUT2D eigenvalue weighted by Gasteiger charge is -2.33. The van der Waals surface area contributed by atoms with Gasteiger partial charge in [0.2, 0.25) is 0 Å². The molecule has 4 nitrogen and oxygen atoms in total. The summed E-state index contributed by atoms with van der Waals surface area (Å²) in [5.74, 6) is 0. The maximum atomic E-state index is 5.42. The van der Waals surface area contributed by atoms with Crippen LogP contribution in [0.5, 0.6) is 0 Å². The van der Waals surface area contributed by atoms with E-state index in [1.165, 1.54) is 22.5 Å². The maximum Gasteiger partial charge on any atom is 0.0642 e. The molecule has 0 spiro atoms. The van der Waals surface area contributed by atoms with E-state index in [0.29, 0.717) is 0 Å². The van der Waals surface area contributed by atoms with E-state index in [4.69, 9.17) is 9.47 Å². The smallest absolute Gasteiger partial charge is 0.0642 e. The Hall–Kier alpha value is -1.26. The zero-order valence-electron chi connectivity index (χ0n) is 12.4. The molecule has 108 valence electrons. The van der Waals surface area contributed by atoms with E-state index in [9.17, 15) is 0 Å². The standard InChI is InChI=1S/C16H22N2O2/c1-13-11-16(18-5-9-20-10-6-18)14(2)12-15(13)17-3-7-19-8-4-17/h3-10H2,1-2H3. The molecule has 0 aromatic heterocycles. The van der Waals surface area contributed by atoms with E-state index in [-0.39, 0.29) is 0 Å². The van der Waals surface area contributed by atoms with E-state index in [2.05, 4.69) is 35.8 Å². The summed E-state index contributed by atoms with van der Waals surface area (Å²) in [5.41, 5.74) is 4.73. The highest BCUT2D eigenvalue weighted by molar-refractivity contribution is 5.64. The van der Waals surface area contributed by atoms with Gasteiger partial charge in [0.05, 0.1) is 26.4 Å². The molecule has 2 saturated heterocycles. The molecule has 0 aliphatic carbocycles. The topological polar surface area (TPSA) is 24.9 Å². The monoisotopic (exact) mass is 274 g/mol. The molecule has 0 atom stereocenters. The van der Waals surface area contributed by atoms with Crippen molar-refractivity contribution in [3.63, 3.8) is 0 Å². The Morgan fingerprint density at radius 1 is 0.700 bits per heavy atom. The average molecular weight is 274 g/mol. The van der Waals surface area contributed by atoms with Crippen LogP contribution >= 0.6 is 0 Å². The van der Waals surface area contributed by atoms with Gasteiger partial charge in [-0.05, 0) is 25.0 Å². The van der Waals surface area contributed by atoms with Crippen LogP contribution in [0.4, 0.5) is 11.4 Å². The van der Waals surface area contributed by atoms with Crippen molar-refractivity contribution in [3.8, 4) is 0 Å². The molecule has 2 aliphatic rings. The summed E-state index contributed by atoms with van der Waals surface area (Å²) in [5, 5.41) is 0. The number of ether oxygens (including phenoxy) is 2. The van der Waals surface area contributed by atoms with E-state index in [1.54, 1.807) is 0 Å². The fourth-order valence-corrected chi connectivity index (χ4v) is 2.87. The highest BCUT2D eigenvalue weighted by Crippen LogP contribution is 2.29. The number of aryl methyl sites for hydroxylation is 2. The first-order valence-electron chi connectivity index (χ1n) is 7.37. The zero-order valence-corrected chi connectivity index (χ0v) is 12.4. The van der Waals surface area contributed by atoms with Crippen molar-refractivity contribution in [2.75, 3.05) is 62.4 Å². The van der Waals surface area contributed by atoms with Crippen LogP contribution in [0.2, 0.25) is 0 Å². The first kappa shape index (κ1) is 13.7. The molecule has 4 heteroatoms. The lowest BCUT2D eigenvalue weighted by Crippen LogP contribution is -2.38. The first-order chi connectivity index (χ1) is 9.75. The van der Waals surface area contributed by atoms with Gasteiger partial charge >= 0.3 is 0 Å². The lowest BCUT2D eigenvalue weighted by atomic mass is 10.1. The summed E-state index contributed by atoms with van der Waals surface area (Å²) in [6, 6.07) is 7.14. The van der Waals surface area contributed by atoms with Crippen LogP contribution < -0.4 is 9.80 Å². The molecular weight excluding hydrogens is 252 g/mol. The average Bonchev–Trinajstić information content (AvgIpc) is 2.51. The zero-order chi connectivity index (χ0) is 13.9. The molecule has 1 aromatic carbocycles. The van der Waals surface area contributed by atoms with Gasteiger partial charge in [-0.1, -0.05) is 0 Å². The molecule has 0 unspecified atom stereocenters. The van der Waals surface area contributed by atoms with Gasteiger partial charge in [-0.2, -0.15) is 0 Å². The summed E-state index contributed by atoms with van der Waals surface area (Å²) >= 11 is 0. The van der Waals surface area contributed by atoms with Gasteiger partial charge in [0.1, 0.15) is 0 Å². The van der Waals surface area contributed by atoms with Crippen LogP contribution in [0.25, 0.3) is 0 Å². The number of nitrogens with zero attached hydrogens (tertiary/aromatic N) is 2. The number of benzene rings is 1. The minimum Gasteiger partial charge on any atom is -0.378 e. The van der Waals surface area contributed by atoms with Crippen LogP contribution in [0.3, 0.4) is 0 Å². The summed E-state index contributed by atoms with van der Waals surface area (Å²) in [7, 11) is 0. The highest BCUT2D eigenvalue weighted by Gasteiger charge is 2.19. The molecule has 3 rings (SSSR count). The van der Waals surface area contributed by atoms with Gasteiger partial charge in [-0.25, -0.2) is 0 Å². The fraction of sp³-hybridized carbons (Fsp3) is 0.625. The highest BCUT2D eigenvalue weighted by atomic mass is 16.5. The molecule has 2 fully saturated rings. The quantitative estimate of drug-likeness (QED) is 0.817. The number of morpholine rings is 2. The van der Waals surface area contributed by atoms with E-state index in [0.717, 1.165) is 52.6 Å². The van der Waals surface area contributed by atoms with Crippen molar-refractivity contribution in [2.45, 2.75) is 13.8 Å². The first-order valence-corrected chi connectivity index (χ1v) is 7.37. The van der Waals surface area contributed by atoms with Crippen LogP contribution in [0.15, 0.2) is 0 Å². The Morgan fingerprint density at radius 2 is 1.05 bits per heavy atom. The Labute approximate surface area is 121 Å². The van der Waals surface area contributed by atoms with Crippen LogP contribution in [0.1, 0.15) is 11.1 Å². The Balaban J connectivity index is 1.85. The largest absolute Gasteiger partial charge is 0.378 e. The molecule has 0 bridgehead atoms. The van der Waals surface area contributed by atoms with E-state index < -0.39 is 0 Å². The number of hydrogen-bond donors (Lipinski definition) is 0. The van der Waals surface area contributed by atoms with Crippen molar-refractivity contribution >= 4 is 11.4 Å². The van der Waals surface area contributed by atoms with E-state index in [1.807, 2.05) is 0 Å². The minimum absolute atomic E-state index is 0.803. The van der Waals surface area contributed by atoms with Crippen molar-refractivity contribution in [1.82, 2.24) is 0 Å². The summed E-state index contributed by atoms with van der Waals surface area (Å²) in [4.78, 5) is 4.71. The predicted molar refractivity (Wildman–Crippen MR) is 79.7 cm³/mol. The van der Waals surface area contributed by atoms with Crippen molar-refractivity contribution < 1.29 is 9.47 Å². The third-order valence-electron chi connectivity index (χ3n) is 3.98. The van der Waals surface area contributed by atoms with Crippen LogP contribution in [-0.4, -0.2) is 52.6 Å². The fourth-order valence-electron chi connectivity index (χ4n) is 2.87. The third-order valence-corrected chi connectivity index (χ3v) is 3.98. The number of hydrogen-bond acceptors (Lipinski definition) is 4. The normalized spacial score (nSPS) is 20.3. The third kappa shape index (κ3) is 2.76. The molecule has 20 heavy (non-hydrogen) atoms. The van der Waals surface area contributed by atoms with Crippen LogP contribution in [-0.2, 0) is 9.47 Å². The second-order valence-corrected chi connectivity index (χ2v) is 5.40. The van der Waals surface area contributed by atoms with Crippen molar-refractivity contribution in [1.29, 1.82) is 0 Å². The predicted octanol–water partition coefficient (Wildman–Crippen LogP) is 1.58. The van der Waals surface area contributed by atoms with Gasteiger partial charge in [0, 0.05) is 49.7 Å². The van der Waals surface area contributed by atoms with Gasteiger partial charge in [-0.3, -0.25) is 0 Å². The van der Waals surface area contributed by atoms with E-state index >= 15 is 0 Å². The molecular formula is C16H22N2O2. The summed E-state index contributed by atoms with van der Waals surface area (Å²) < 4.78 is 10.8. The maximum absolute atomic E-state index is 5.42. The van der Waals surface area contributed by atoms with Gasteiger partial charge in [0.15, 0.2) is 0 Å². The molecule has 2 radical (unpaired) electrons. The molecule has 1 aromatic rings. The second kappa shape index (κ2) is 6.02. The van der Waals surface area contributed by atoms with Gasteiger partial charge in [-0.15, -0.1) is 0 Å². The SMILES string of the molecule is Cc1[c]c(N2CCOCC2)c(C)[c]c1N1CCOCC1. The summed E-state index contributed by atoms with van der Waals surface area (Å²) in [6.45, 7) is 11.3. The molecule has 2 aliphatic heterocycles. The van der Waals surface area contributed by atoms with Gasteiger partial charge in [0.25, 0.3) is 0 Å². The summed E-state index contributed by atoms with van der Waals surface area (Å²) in [6.07, 6.45) is 0. The molecule has 2 heterocycles. The Morgan fingerprint density at radius 3 is 1.40 bits per heavy atom. The van der Waals surface area contributed by atoms with Crippen molar-refractivity contribution in [3.05, 3.63) is 23.3 Å².